The van der Waals surface area contributed by atoms with Crippen LogP contribution in [0.5, 0.6) is 0 Å². The number of benzene rings is 1. The first kappa shape index (κ1) is 25.1. The molecule has 0 atom stereocenters. The van der Waals surface area contributed by atoms with Crippen LogP contribution in [0.25, 0.3) is 0 Å². The Bertz CT molecular complexity index is 860. The number of guanidine groups is 1. The van der Waals surface area contributed by atoms with Crippen LogP contribution in [0, 0.1) is 0 Å². The van der Waals surface area contributed by atoms with Gasteiger partial charge in [-0.1, -0.05) is 23.7 Å². The third kappa shape index (κ3) is 7.49. The fourth-order valence-corrected chi connectivity index (χ4v) is 3.63. The standard InChI is InChI=1S/C21H28ClN7O.HI/c1-23-20(27(2)16-17-5-3-6-18(22)15-17)26-10-7-19(30)28-11-13-29(14-12-28)21-24-8-4-9-25-21;/h3-6,8-9,15H,7,10-14,16H2,1-2H3,(H,23,26);1H. The predicted octanol–water partition coefficient (Wildman–Crippen LogP) is 2.49. The highest BCUT2D eigenvalue weighted by atomic mass is 127. The summed E-state index contributed by atoms with van der Waals surface area (Å²) in [5.41, 5.74) is 1.10. The molecule has 1 fully saturated rings. The van der Waals surface area contributed by atoms with Crippen LogP contribution in [0.1, 0.15) is 12.0 Å². The topological polar surface area (TPSA) is 77.0 Å². The molecule has 2 heterocycles. The summed E-state index contributed by atoms with van der Waals surface area (Å²) in [7, 11) is 3.70. The van der Waals surface area contributed by atoms with Gasteiger partial charge in [0, 0.05) is 77.2 Å². The van der Waals surface area contributed by atoms with Crippen molar-refractivity contribution in [2.75, 3.05) is 51.7 Å². The van der Waals surface area contributed by atoms with E-state index in [2.05, 4.69) is 25.2 Å². The molecule has 0 saturated carbocycles. The van der Waals surface area contributed by atoms with Crippen LogP contribution in [0.2, 0.25) is 5.02 Å². The first-order valence-corrected chi connectivity index (χ1v) is 10.4. The first-order chi connectivity index (χ1) is 14.6. The van der Waals surface area contributed by atoms with E-state index >= 15 is 0 Å². The molecule has 0 unspecified atom stereocenters. The summed E-state index contributed by atoms with van der Waals surface area (Å²) < 4.78 is 0. The fourth-order valence-electron chi connectivity index (χ4n) is 3.42. The molecule has 0 radical (unpaired) electrons. The van der Waals surface area contributed by atoms with E-state index in [1.165, 1.54) is 0 Å². The maximum Gasteiger partial charge on any atom is 0.225 e. The molecule has 0 aliphatic carbocycles. The van der Waals surface area contributed by atoms with Crippen molar-refractivity contribution in [2.45, 2.75) is 13.0 Å². The molecule has 3 rings (SSSR count). The third-order valence-corrected chi connectivity index (χ3v) is 5.21. The van der Waals surface area contributed by atoms with Gasteiger partial charge in [0.2, 0.25) is 11.9 Å². The van der Waals surface area contributed by atoms with Crippen LogP contribution in [0.15, 0.2) is 47.7 Å². The summed E-state index contributed by atoms with van der Waals surface area (Å²) >= 11 is 6.06. The Labute approximate surface area is 205 Å². The molecule has 8 nitrogen and oxygen atoms in total. The lowest BCUT2D eigenvalue weighted by atomic mass is 10.2. The lowest BCUT2D eigenvalue weighted by molar-refractivity contribution is -0.131. The Balaban J connectivity index is 0.00000341. The second-order valence-corrected chi connectivity index (χ2v) is 7.56. The number of carbonyl (C=O) groups is 1. The number of piperazine rings is 1. The molecule has 10 heteroatoms. The Hall–Kier alpha value is -2.14. The largest absolute Gasteiger partial charge is 0.356 e. The Kier molecular flexibility index (Phi) is 10.3. The molecule has 1 N–H and O–H groups in total. The average Bonchev–Trinajstić information content (AvgIpc) is 2.77. The van der Waals surface area contributed by atoms with Crippen LogP contribution in [-0.2, 0) is 11.3 Å². The van der Waals surface area contributed by atoms with Gasteiger partial charge in [-0.15, -0.1) is 24.0 Å². The number of anilines is 1. The van der Waals surface area contributed by atoms with E-state index in [0.717, 1.165) is 30.6 Å². The number of hydrogen-bond donors (Lipinski definition) is 1. The second-order valence-electron chi connectivity index (χ2n) is 7.13. The van der Waals surface area contributed by atoms with Gasteiger partial charge in [0.15, 0.2) is 5.96 Å². The van der Waals surface area contributed by atoms with Crippen LogP contribution < -0.4 is 10.2 Å². The van der Waals surface area contributed by atoms with Crippen molar-refractivity contribution in [3.05, 3.63) is 53.3 Å². The molecule has 0 spiro atoms. The van der Waals surface area contributed by atoms with Gasteiger partial charge in [-0.05, 0) is 23.8 Å². The maximum absolute atomic E-state index is 12.6. The lowest BCUT2D eigenvalue weighted by Crippen LogP contribution is -2.50. The summed E-state index contributed by atoms with van der Waals surface area (Å²) in [5.74, 6) is 1.61. The van der Waals surface area contributed by atoms with Gasteiger partial charge in [-0.2, -0.15) is 0 Å². The van der Waals surface area contributed by atoms with Crippen molar-refractivity contribution in [2.24, 2.45) is 4.99 Å². The summed E-state index contributed by atoms with van der Waals surface area (Å²) in [4.78, 5) is 31.5. The number of amides is 1. The van der Waals surface area contributed by atoms with Gasteiger partial charge in [0.1, 0.15) is 0 Å². The lowest BCUT2D eigenvalue weighted by Gasteiger charge is -2.34. The molecular formula is C21H29ClIN7O. The third-order valence-electron chi connectivity index (χ3n) is 4.97. The van der Waals surface area contributed by atoms with E-state index < -0.39 is 0 Å². The number of nitrogens with zero attached hydrogens (tertiary/aromatic N) is 6. The van der Waals surface area contributed by atoms with Crippen molar-refractivity contribution in [1.82, 2.24) is 25.1 Å². The Morgan fingerprint density at radius 1 is 1.19 bits per heavy atom. The molecule has 1 amide bonds. The fraction of sp³-hybridized carbons (Fsp3) is 0.429. The molecule has 168 valence electrons. The minimum Gasteiger partial charge on any atom is -0.356 e. The van der Waals surface area contributed by atoms with E-state index in [1.807, 2.05) is 41.1 Å². The van der Waals surface area contributed by atoms with Crippen LogP contribution in [0.3, 0.4) is 0 Å². The van der Waals surface area contributed by atoms with E-state index in [4.69, 9.17) is 11.6 Å². The SMILES string of the molecule is CN=C(NCCC(=O)N1CCN(c2ncccn2)CC1)N(C)Cc1cccc(Cl)c1.I. The number of hydrogen-bond acceptors (Lipinski definition) is 5. The second kappa shape index (κ2) is 12.7. The number of carbonyl (C=O) groups excluding carboxylic acids is 1. The van der Waals surface area contributed by atoms with Crippen molar-refractivity contribution in [1.29, 1.82) is 0 Å². The van der Waals surface area contributed by atoms with Gasteiger partial charge < -0.3 is 20.0 Å². The zero-order valence-corrected chi connectivity index (χ0v) is 21.0. The van der Waals surface area contributed by atoms with Gasteiger partial charge in [0.05, 0.1) is 0 Å². The van der Waals surface area contributed by atoms with Crippen LogP contribution in [-0.4, -0.2) is 78.5 Å². The molecule has 31 heavy (non-hydrogen) atoms. The highest BCUT2D eigenvalue weighted by molar-refractivity contribution is 14.0. The summed E-state index contributed by atoms with van der Waals surface area (Å²) in [6.07, 6.45) is 3.90. The summed E-state index contributed by atoms with van der Waals surface area (Å²) in [6, 6.07) is 9.56. The quantitative estimate of drug-likeness (QED) is 0.334. The molecule has 1 saturated heterocycles. The minimum absolute atomic E-state index is 0. The van der Waals surface area contributed by atoms with Gasteiger partial charge in [-0.3, -0.25) is 9.79 Å². The molecule has 1 aromatic carbocycles. The molecule has 0 bridgehead atoms. The highest BCUT2D eigenvalue weighted by Crippen LogP contribution is 2.12. The number of aromatic nitrogens is 2. The molecular weight excluding hydrogens is 529 g/mol. The normalized spacial score (nSPS) is 14.1. The van der Waals surface area contributed by atoms with Crippen LogP contribution in [0.4, 0.5) is 5.95 Å². The van der Waals surface area contributed by atoms with E-state index in [0.29, 0.717) is 37.6 Å². The van der Waals surface area contributed by atoms with Crippen molar-refractivity contribution in [3.63, 3.8) is 0 Å². The number of nitrogens with one attached hydrogen (secondary N) is 1. The van der Waals surface area contributed by atoms with Crippen molar-refractivity contribution < 1.29 is 4.79 Å². The Morgan fingerprint density at radius 3 is 2.55 bits per heavy atom. The molecule has 2 aromatic rings. The first-order valence-electron chi connectivity index (χ1n) is 10.0. The minimum atomic E-state index is 0. The number of rotatable bonds is 6. The van der Waals surface area contributed by atoms with Crippen molar-refractivity contribution >= 4 is 53.4 Å². The van der Waals surface area contributed by atoms with E-state index in [-0.39, 0.29) is 29.9 Å². The van der Waals surface area contributed by atoms with Gasteiger partial charge in [-0.25, -0.2) is 9.97 Å². The number of aliphatic imine (C=N–C) groups is 1. The zero-order chi connectivity index (χ0) is 21.3. The van der Waals surface area contributed by atoms with E-state index in [1.54, 1.807) is 25.5 Å². The average molecular weight is 558 g/mol. The summed E-state index contributed by atoms with van der Waals surface area (Å²) in [5, 5.41) is 3.99. The van der Waals surface area contributed by atoms with E-state index in [9.17, 15) is 4.79 Å². The summed E-state index contributed by atoms with van der Waals surface area (Å²) in [6.45, 7) is 4.06. The zero-order valence-electron chi connectivity index (χ0n) is 17.9. The molecule has 1 aliphatic heterocycles. The maximum atomic E-state index is 12.6. The monoisotopic (exact) mass is 557 g/mol. The Morgan fingerprint density at radius 2 is 1.90 bits per heavy atom. The number of halogens is 2. The van der Waals surface area contributed by atoms with Gasteiger partial charge >= 0.3 is 0 Å². The smallest absolute Gasteiger partial charge is 0.225 e. The highest BCUT2D eigenvalue weighted by Gasteiger charge is 2.22. The van der Waals surface area contributed by atoms with Gasteiger partial charge in [0.25, 0.3) is 0 Å². The predicted molar refractivity (Wildman–Crippen MR) is 135 cm³/mol. The molecule has 1 aromatic heterocycles. The van der Waals surface area contributed by atoms with Crippen LogP contribution >= 0.6 is 35.6 Å². The molecule has 1 aliphatic rings. The van der Waals surface area contributed by atoms with Crippen molar-refractivity contribution in [3.8, 4) is 0 Å².